The van der Waals surface area contributed by atoms with Gasteiger partial charge in [0.2, 0.25) is 0 Å². The summed E-state index contributed by atoms with van der Waals surface area (Å²) in [5.74, 6) is 0. The average molecular weight is 263 g/mol. The molecule has 1 aromatic heterocycles. The fourth-order valence-electron chi connectivity index (χ4n) is 1.72. The summed E-state index contributed by atoms with van der Waals surface area (Å²) in [6.07, 6.45) is -1.04. The summed E-state index contributed by atoms with van der Waals surface area (Å²) in [7, 11) is 0. The summed E-state index contributed by atoms with van der Waals surface area (Å²) in [5.41, 5.74) is -1.35. The van der Waals surface area contributed by atoms with Gasteiger partial charge in [-0.05, 0) is 0 Å². The molecule has 94 valence electrons. The number of nitrogens with zero attached hydrogens (tertiary/aromatic N) is 1. The van der Waals surface area contributed by atoms with Crippen molar-refractivity contribution in [2.45, 2.75) is 24.9 Å². The van der Waals surface area contributed by atoms with Crippen molar-refractivity contribution in [2.24, 2.45) is 0 Å². The van der Waals surface area contributed by atoms with E-state index in [9.17, 15) is 14.7 Å². The third-order valence-electron chi connectivity index (χ3n) is 2.62. The zero-order valence-electron chi connectivity index (χ0n) is 8.67. The monoisotopic (exact) mass is 262 g/mol. The molecule has 8 heteroatoms. The minimum atomic E-state index is -0.859. The molecule has 2 rings (SSSR count). The Morgan fingerprint density at radius 1 is 1.59 bits per heavy atom. The van der Waals surface area contributed by atoms with Crippen molar-refractivity contribution in [3.05, 3.63) is 32.1 Å². The molecule has 0 aliphatic carbocycles. The lowest BCUT2D eigenvalue weighted by Crippen LogP contribution is -2.32. The molecule has 17 heavy (non-hydrogen) atoms. The van der Waals surface area contributed by atoms with E-state index >= 15 is 0 Å². The van der Waals surface area contributed by atoms with Gasteiger partial charge in [-0.2, -0.15) is 0 Å². The number of aromatic amines is 1. The van der Waals surface area contributed by atoms with Crippen LogP contribution in [0.1, 0.15) is 12.6 Å². The summed E-state index contributed by atoms with van der Waals surface area (Å²) in [5, 5.41) is 18.3. The van der Waals surface area contributed by atoms with Crippen molar-refractivity contribution in [1.29, 1.82) is 0 Å². The maximum atomic E-state index is 11.5. The molecular weight excluding hydrogens is 252 g/mol. The van der Waals surface area contributed by atoms with Gasteiger partial charge < -0.3 is 14.9 Å². The fraction of sp³-hybridized carbons (Fsp3) is 0.556. The molecule has 1 saturated heterocycles. The third-order valence-corrected chi connectivity index (χ3v) is 2.89. The molecular formula is C9H11ClN2O5. The molecule has 0 amide bonds. The topological polar surface area (TPSA) is 105 Å². The molecule has 1 aliphatic heterocycles. The number of rotatable bonds is 2. The number of aromatic nitrogens is 2. The predicted molar refractivity (Wildman–Crippen MR) is 58.0 cm³/mol. The molecule has 3 N–H and O–H groups in total. The van der Waals surface area contributed by atoms with Gasteiger partial charge >= 0.3 is 5.69 Å². The zero-order chi connectivity index (χ0) is 12.6. The van der Waals surface area contributed by atoms with Gasteiger partial charge in [-0.1, -0.05) is 11.6 Å². The van der Waals surface area contributed by atoms with E-state index in [-0.39, 0.29) is 18.1 Å². The van der Waals surface area contributed by atoms with Crippen molar-refractivity contribution < 1.29 is 14.9 Å². The van der Waals surface area contributed by atoms with Crippen LogP contribution in [0.2, 0.25) is 5.02 Å². The van der Waals surface area contributed by atoms with E-state index in [2.05, 4.69) is 0 Å². The molecule has 0 unspecified atom stereocenters. The van der Waals surface area contributed by atoms with Gasteiger partial charge in [-0.25, -0.2) is 4.79 Å². The molecule has 1 fully saturated rings. The summed E-state index contributed by atoms with van der Waals surface area (Å²) < 4.78 is 6.35. The highest BCUT2D eigenvalue weighted by Crippen LogP contribution is 2.27. The van der Waals surface area contributed by atoms with Gasteiger partial charge in [0, 0.05) is 12.6 Å². The Kier molecular flexibility index (Phi) is 3.34. The Hall–Kier alpha value is -1.15. The van der Waals surface area contributed by atoms with E-state index in [4.69, 9.17) is 21.4 Å². The predicted octanol–water partition coefficient (Wildman–Crippen LogP) is -1.17. The van der Waals surface area contributed by atoms with Gasteiger partial charge in [0.1, 0.15) is 17.4 Å². The number of hydrogen-bond acceptors (Lipinski definition) is 5. The first-order chi connectivity index (χ1) is 8.02. The van der Waals surface area contributed by atoms with Gasteiger partial charge in [-0.15, -0.1) is 0 Å². The standard InChI is InChI=1S/C9H11ClN2O5/c10-4-2-12(9(16)11-8(4)15)7-1-5(14)6(3-13)17-7/h2,5-7,13-14H,1,3H2,(H,11,15,16)/t5-,6+,7+/m1/s1. The minimum Gasteiger partial charge on any atom is -0.394 e. The molecule has 0 aromatic carbocycles. The number of halogens is 1. The molecule has 1 aliphatic rings. The van der Waals surface area contributed by atoms with Crippen LogP contribution in [0.25, 0.3) is 0 Å². The Morgan fingerprint density at radius 2 is 2.29 bits per heavy atom. The minimum absolute atomic E-state index is 0.143. The third kappa shape index (κ3) is 2.27. The summed E-state index contributed by atoms with van der Waals surface area (Å²) in [6.45, 7) is -0.344. The van der Waals surface area contributed by atoms with Gasteiger partial charge in [0.15, 0.2) is 0 Å². The van der Waals surface area contributed by atoms with Crippen LogP contribution >= 0.6 is 11.6 Å². The number of H-pyrrole nitrogens is 1. The molecule has 0 saturated carbocycles. The Morgan fingerprint density at radius 3 is 2.88 bits per heavy atom. The van der Waals surface area contributed by atoms with Gasteiger partial charge in [0.25, 0.3) is 5.56 Å². The van der Waals surface area contributed by atoms with E-state index in [1.54, 1.807) is 0 Å². The van der Waals surface area contributed by atoms with Crippen LogP contribution in [0.5, 0.6) is 0 Å². The fourth-order valence-corrected chi connectivity index (χ4v) is 1.88. The first kappa shape index (κ1) is 12.3. The number of aliphatic hydroxyl groups excluding tert-OH is 2. The molecule has 3 atom stereocenters. The van der Waals surface area contributed by atoms with Crippen molar-refractivity contribution >= 4 is 11.6 Å². The van der Waals surface area contributed by atoms with Crippen LogP contribution in [0.15, 0.2) is 15.8 Å². The van der Waals surface area contributed by atoms with E-state index in [1.165, 1.54) is 0 Å². The van der Waals surface area contributed by atoms with Gasteiger partial charge in [-0.3, -0.25) is 14.3 Å². The molecule has 7 nitrogen and oxygen atoms in total. The Labute approximate surface area is 100 Å². The second-order valence-electron chi connectivity index (χ2n) is 3.76. The lowest BCUT2D eigenvalue weighted by Gasteiger charge is -2.14. The van der Waals surface area contributed by atoms with Crippen molar-refractivity contribution in [3.63, 3.8) is 0 Å². The van der Waals surface area contributed by atoms with E-state index in [0.717, 1.165) is 10.8 Å². The SMILES string of the molecule is O=c1[nH]c(=O)n([C@@H]2C[C@@H](O)[C@H](CO)O2)cc1Cl. The second kappa shape index (κ2) is 4.61. The molecule has 1 aromatic rings. The normalized spacial score (nSPS) is 28.5. The summed E-state index contributed by atoms with van der Waals surface area (Å²) in [6, 6.07) is 0. The number of nitrogens with one attached hydrogen (secondary N) is 1. The smallest absolute Gasteiger partial charge is 0.330 e. The number of aliphatic hydroxyl groups is 2. The highest BCUT2D eigenvalue weighted by Gasteiger charge is 2.35. The van der Waals surface area contributed by atoms with Crippen molar-refractivity contribution in [3.8, 4) is 0 Å². The van der Waals surface area contributed by atoms with Crippen molar-refractivity contribution in [1.82, 2.24) is 9.55 Å². The van der Waals surface area contributed by atoms with E-state index in [1.807, 2.05) is 4.98 Å². The van der Waals surface area contributed by atoms with Crippen LogP contribution in [0, 0.1) is 0 Å². The molecule has 0 bridgehead atoms. The van der Waals surface area contributed by atoms with Crippen LogP contribution in [-0.2, 0) is 4.74 Å². The van der Waals surface area contributed by atoms with Crippen LogP contribution < -0.4 is 11.2 Å². The van der Waals surface area contributed by atoms with Crippen LogP contribution in [-0.4, -0.2) is 38.6 Å². The van der Waals surface area contributed by atoms with Crippen LogP contribution in [0.4, 0.5) is 0 Å². The molecule has 0 radical (unpaired) electrons. The highest BCUT2D eigenvalue weighted by atomic mass is 35.5. The van der Waals surface area contributed by atoms with Crippen molar-refractivity contribution in [2.75, 3.05) is 6.61 Å². The van der Waals surface area contributed by atoms with Crippen LogP contribution in [0.3, 0.4) is 0 Å². The maximum Gasteiger partial charge on any atom is 0.330 e. The quantitative estimate of drug-likeness (QED) is 0.623. The Bertz CT molecular complexity index is 525. The lowest BCUT2D eigenvalue weighted by molar-refractivity contribution is -0.0459. The zero-order valence-corrected chi connectivity index (χ0v) is 9.42. The van der Waals surface area contributed by atoms with Gasteiger partial charge in [0.05, 0.1) is 12.7 Å². The Balaban J connectivity index is 2.34. The first-order valence-electron chi connectivity index (χ1n) is 4.98. The first-order valence-corrected chi connectivity index (χ1v) is 5.36. The number of hydrogen-bond donors (Lipinski definition) is 3. The number of ether oxygens (including phenoxy) is 1. The molecule has 0 spiro atoms. The molecule has 2 heterocycles. The lowest BCUT2D eigenvalue weighted by atomic mass is 10.2. The van der Waals surface area contributed by atoms with E-state index in [0.29, 0.717) is 0 Å². The average Bonchev–Trinajstić information content (AvgIpc) is 2.65. The van der Waals surface area contributed by atoms with E-state index < -0.39 is 29.7 Å². The highest BCUT2D eigenvalue weighted by molar-refractivity contribution is 6.30. The maximum absolute atomic E-state index is 11.5. The largest absolute Gasteiger partial charge is 0.394 e. The second-order valence-corrected chi connectivity index (χ2v) is 4.17. The summed E-state index contributed by atoms with van der Waals surface area (Å²) >= 11 is 5.60. The summed E-state index contributed by atoms with van der Waals surface area (Å²) in [4.78, 5) is 24.6.